The number of hydrogen-bond donors (Lipinski definition) is 1. The van der Waals surface area contributed by atoms with Crippen LogP contribution in [0.25, 0.3) is 21.0 Å². The first-order valence-electron chi connectivity index (χ1n) is 10.0. The minimum Gasteiger partial charge on any atom is -0.475 e. The number of pyridine rings is 1. The van der Waals surface area contributed by atoms with E-state index in [0.717, 1.165) is 58.6 Å². The van der Waals surface area contributed by atoms with Gasteiger partial charge in [-0.05, 0) is 48.7 Å². The van der Waals surface area contributed by atoms with Crippen LogP contribution >= 0.6 is 11.3 Å². The number of aromatic amines is 1. The standard InChI is InChI=1S/C23H22FN3O2S/c1-15(29-17-7-5-16-6-8-23(28)25-19(16)13-17)26-9-11-27(12-10-26)20-3-2-4-21-18(20)14-22(24)30-21/h2-8,13-15H,9-12H2,1H3,(H,25,28). The fourth-order valence-electron chi connectivity index (χ4n) is 4.09. The first-order chi connectivity index (χ1) is 14.6. The number of halogens is 1. The SMILES string of the molecule is CC(Oc1ccc2ccc(=O)[nH]c2c1)N1CCN(c2cccc3sc(F)cc23)CC1. The molecular weight excluding hydrogens is 401 g/mol. The van der Waals surface area contributed by atoms with Crippen LogP contribution in [0.2, 0.25) is 0 Å². The zero-order valence-corrected chi connectivity index (χ0v) is 17.4. The average Bonchev–Trinajstić information content (AvgIpc) is 3.13. The van der Waals surface area contributed by atoms with E-state index in [1.54, 1.807) is 12.1 Å². The zero-order chi connectivity index (χ0) is 20.7. The third kappa shape index (κ3) is 3.66. The van der Waals surface area contributed by atoms with Crippen molar-refractivity contribution in [1.82, 2.24) is 9.88 Å². The number of hydrogen-bond acceptors (Lipinski definition) is 5. The number of fused-ring (bicyclic) bond motifs is 2. The number of H-pyrrole nitrogens is 1. The summed E-state index contributed by atoms with van der Waals surface area (Å²) < 4.78 is 20.9. The number of ether oxygens (including phenoxy) is 1. The van der Waals surface area contributed by atoms with Crippen molar-refractivity contribution >= 4 is 38.0 Å². The fraction of sp³-hybridized carbons (Fsp3) is 0.261. The van der Waals surface area contributed by atoms with Crippen LogP contribution in [0.5, 0.6) is 5.75 Å². The minimum atomic E-state index is -0.144. The molecule has 0 amide bonds. The summed E-state index contributed by atoms with van der Waals surface area (Å²) in [5.74, 6) is 0.734. The Morgan fingerprint density at radius 1 is 1.07 bits per heavy atom. The van der Waals surface area contributed by atoms with Crippen molar-refractivity contribution in [2.24, 2.45) is 0 Å². The monoisotopic (exact) mass is 423 g/mol. The molecule has 1 saturated heterocycles. The third-order valence-electron chi connectivity index (χ3n) is 5.68. The lowest BCUT2D eigenvalue weighted by atomic mass is 10.2. The molecule has 1 N–H and O–H groups in total. The number of piperazine rings is 1. The molecule has 0 aliphatic carbocycles. The highest BCUT2D eigenvalue weighted by Crippen LogP contribution is 2.33. The van der Waals surface area contributed by atoms with Gasteiger partial charge in [-0.25, -0.2) is 0 Å². The summed E-state index contributed by atoms with van der Waals surface area (Å²) in [5.41, 5.74) is 1.75. The van der Waals surface area contributed by atoms with Gasteiger partial charge in [-0.1, -0.05) is 6.07 Å². The highest BCUT2D eigenvalue weighted by atomic mass is 32.1. The molecule has 5 nitrogen and oxygen atoms in total. The van der Waals surface area contributed by atoms with E-state index >= 15 is 0 Å². The molecule has 4 aromatic rings. The number of benzene rings is 2. The normalized spacial score (nSPS) is 16.3. The summed E-state index contributed by atoms with van der Waals surface area (Å²) in [6.45, 7) is 5.47. The van der Waals surface area contributed by atoms with Crippen molar-refractivity contribution in [3.8, 4) is 5.75 Å². The van der Waals surface area contributed by atoms with Gasteiger partial charge in [0, 0.05) is 54.1 Å². The molecule has 1 aliphatic rings. The molecule has 1 fully saturated rings. The van der Waals surface area contributed by atoms with Gasteiger partial charge in [0.2, 0.25) is 5.56 Å². The molecule has 0 bridgehead atoms. The van der Waals surface area contributed by atoms with Gasteiger partial charge in [0.1, 0.15) is 12.0 Å². The maximum atomic E-state index is 13.7. The van der Waals surface area contributed by atoms with Crippen LogP contribution in [-0.2, 0) is 0 Å². The van der Waals surface area contributed by atoms with Crippen molar-refractivity contribution in [3.63, 3.8) is 0 Å². The number of aromatic nitrogens is 1. The molecule has 1 atom stereocenters. The molecule has 30 heavy (non-hydrogen) atoms. The second-order valence-electron chi connectivity index (χ2n) is 7.55. The zero-order valence-electron chi connectivity index (χ0n) is 16.6. The molecule has 0 saturated carbocycles. The summed E-state index contributed by atoms with van der Waals surface area (Å²) in [6, 6.07) is 16.7. The average molecular weight is 424 g/mol. The van der Waals surface area contributed by atoms with E-state index in [1.165, 1.54) is 17.4 Å². The Hall–Kier alpha value is -2.90. The van der Waals surface area contributed by atoms with E-state index in [9.17, 15) is 9.18 Å². The molecular formula is C23H22FN3O2S. The molecule has 3 heterocycles. The maximum absolute atomic E-state index is 13.7. The van der Waals surface area contributed by atoms with Gasteiger partial charge in [-0.2, -0.15) is 4.39 Å². The van der Waals surface area contributed by atoms with Crippen LogP contribution < -0.4 is 15.2 Å². The van der Waals surface area contributed by atoms with Crippen LogP contribution in [0.1, 0.15) is 6.92 Å². The van der Waals surface area contributed by atoms with E-state index < -0.39 is 0 Å². The Morgan fingerprint density at radius 3 is 2.70 bits per heavy atom. The van der Waals surface area contributed by atoms with Crippen molar-refractivity contribution < 1.29 is 9.13 Å². The van der Waals surface area contributed by atoms with E-state index in [2.05, 4.69) is 20.9 Å². The summed E-state index contributed by atoms with van der Waals surface area (Å²) in [4.78, 5) is 19.0. The second kappa shape index (κ2) is 7.74. The molecule has 1 unspecified atom stereocenters. The Labute approximate surface area is 177 Å². The molecule has 5 rings (SSSR count). The highest BCUT2D eigenvalue weighted by molar-refractivity contribution is 7.17. The first-order valence-corrected chi connectivity index (χ1v) is 10.9. The predicted molar refractivity (Wildman–Crippen MR) is 120 cm³/mol. The van der Waals surface area contributed by atoms with Crippen LogP contribution in [-0.4, -0.2) is 42.3 Å². The maximum Gasteiger partial charge on any atom is 0.248 e. The molecule has 1 aliphatic heterocycles. The largest absolute Gasteiger partial charge is 0.475 e. The topological polar surface area (TPSA) is 48.6 Å². The van der Waals surface area contributed by atoms with E-state index in [4.69, 9.17) is 4.74 Å². The minimum absolute atomic E-state index is 0.0885. The smallest absolute Gasteiger partial charge is 0.248 e. The Balaban J connectivity index is 1.26. The number of thiophene rings is 1. The number of rotatable bonds is 4. The van der Waals surface area contributed by atoms with Gasteiger partial charge in [0.15, 0.2) is 5.13 Å². The summed E-state index contributed by atoms with van der Waals surface area (Å²) in [7, 11) is 0. The number of nitrogens with one attached hydrogen (secondary N) is 1. The van der Waals surface area contributed by atoms with Gasteiger partial charge in [-0.3, -0.25) is 9.69 Å². The lowest BCUT2D eigenvalue weighted by Gasteiger charge is -2.39. The van der Waals surface area contributed by atoms with Gasteiger partial charge < -0.3 is 14.6 Å². The van der Waals surface area contributed by atoms with Crippen LogP contribution in [0.4, 0.5) is 10.1 Å². The van der Waals surface area contributed by atoms with E-state index in [1.807, 2.05) is 37.3 Å². The highest BCUT2D eigenvalue weighted by Gasteiger charge is 2.23. The first kappa shape index (κ1) is 19.1. The van der Waals surface area contributed by atoms with Gasteiger partial charge >= 0.3 is 0 Å². The molecule has 154 valence electrons. The predicted octanol–water partition coefficient (Wildman–Crippen LogP) is 4.43. The quantitative estimate of drug-likeness (QED) is 0.528. The molecule has 2 aromatic heterocycles. The Kier molecular flexibility index (Phi) is 4.92. The second-order valence-corrected chi connectivity index (χ2v) is 8.59. The van der Waals surface area contributed by atoms with Crippen LogP contribution in [0, 0.1) is 5.13 Å². The van der Waals surface area contributed by atoms with Gasteiger partial charge in [0.25, 0.3) is 0 Å². The van der Waals surface area contributed by atoms with Crippen LogP contribution in [0.3, 0.4) is 0 Å². The summed E-state index contributed by atoms with van der Waals surface area (Å²) >= 11 is 1.19. The third-order valence-corrected chi connectivity index (χ3v) is 6.57. The Bertz CT molecular complexity index is 1260. The van der Waals surface area contributed by atoms with E-state index in [0.29, 0.717) is 0 Å². The Morgan fingerprint density at radius 2 is 1.87 bits per heavy atom. The van der Waals surface area contributed by atoms with E-state index in [-0.39, 0.29) is 16.9 Å². The number of anilines is 1. The lowest BCUT2D eigenvalue weighted by molar-refractivity contribution is 0.0358. The van der Waals surface area contributed by atoms with Crippen molar-refractivity contribution in [1.29, 1.82) is 0 Å². The van der Waals surface area contributed by atoms with Gasteiger partial charge in [0.05, 0.1) is 5.52 Å². The molecule has 2 aromatic carbocycles. The van der Waals surface area contributed by atoms with Crippen LogP contribution in [0.15, 0.2) is 59.4 Å². The van der Waals surface area contributed by atoms with Crippen molar-refractivity contribution in [2.75, 3.05) is 31.1 Å². The lowest BCUT2D eigenvalue weighted by Crippen LogP contribution is -2.51. The summed E-state index contributed by atoms with van der Waals surface area (Å²) in [5, 5.41) is 1.82. The fourth-order valence-corrected chi connectivity index (χ4v) is 4.90. The molecule has 0 spiro atoms. The molecule has 7 heteroatoms. The van der Waals surface area contributed by atoms with Crippen molar-refractivity contribution in [2.45, 2.75) is 13.2 Å². The van der Waals surface area contributed by atoms with Crippen molar-refractivity contribution in [3.05, 3.63) is 70.1 Å². The summed E-state index contributed by atoms with van der Waals surface area (Å²) in [6.07, 6.45) is -0.0885. The van der Waals surface area contributed by atoms with Gasteiger partial charge in [-0.15, -0.1) is 11.3 Å². The number of nitrogens with zero attached hydrogens (tertiary/aromatic N) is 2. The molecule has 0 radical (unpaired) electrons.